The number of nitrogens with one attached hydrogen (secondary N) is 1. The van der Waals surface area contributed by atoms with Crippen LogP contribution >= 0.6 is 0 Å². The minimum Gasteiger partial charge on any atom is -0.497 e. The Bertz CT molecular complexity index is 452. The maximum atomic E-state index is 12.3. The molecule has 0 radical (unpaired) electrons. The van der Waals surface area contributed by atoms with E-state index in [4.69, 9.17) is 4.74 Å². The summed E-state index contributed by atoms with van der Waals surface area (Å²) in [4.78, 5) is 14.3. The Morgan fingerprint density at radius 3 is 2.52 bits per heavy atom. The normalized spacial score (nSPS) is 17.0. The van der Waals surface area contributed by atoms with E-state index >= 15 is 0 Å². The van der Waals surface area contributed by atoms with Crippen LogP contribution in [-0.2, 0) is 11.3 Å². The van der Waals surface area contributed by atoms with Gasteiger partial charge in [-0.05, 0) is 44.5 Å². The van der Waals surface area contributed by atoms with Crippen LogP contribution in [0.5, 0.6) is 5.75 Å². The SMILES string of the molecule is COc1ccc(CN(C)[C@H](C)C(=O)NC2CCCC2)cc1. The van der Waals surface area contributed by atoms with E-state index < -0.39 is 0 Å². The van der Waals surface area contributed by atoms with Crippen LogP contribution in [0.4, 0.5) is 0 Å². The number of carbonyl (C=O) groups is 1. The lowest BCUT2D eigenvalue weighted by atomic mass is 10.1. The Labute approximate surface area is 127 Å². The number of methoxy groups -OCH3 is 1. The average molecular weight is 290 g/mol. The molecule has 2 rings (SSSR count). The van der Waals surface area contributed by atoms with Gasteiger partial charge < -0.3 is 10.1 Å². The molecule has 0 aliphatic heterocycles. The van der Waals surface area contributed by atoms with Gasteiger partial charge in [0.15, 0.2) is 0 Å². The van der Waals surface area contributed by atoms with E-state index in [1.165, 1.54) is 18.4 Å². The molecule has 1 aromatic carbocycles. The second kappa shape index (κ2) is 7.46. The number of rotatable bonds is 6. The van der Waals surface area contributed by atoms with Gasteiger partial charge in [-0.3, -0.25) is 9.69 Å². The topological polar surface area (TPSA) is 41.6 Å². The Balaban J connectivity index is 1.85. The molecular formula is C17H26N2O2. The lowest BCUT2D eigenvalue weighted by Gasteiger charge is -2.25. The van der Waals surface area contributed by atoms with Crippen molar-refractivity contribution >= 4 is 5.91 Å². The number of hydrogen-bond donors (Lipinski definition) is 1. The number of carbonyl (C=O) groups excluding carboxylic acids is 1. The summed E-state index contributed by atoms with van der Waals surface area (Å²) in [7, 11) is 3.65. The quantitative estimate of drug-likeness (QED) is 0.875. The van der Waals surface area contributed by atoms with Gasteiger partial charge in [0.05, 0.1) is 13.2 Å². The number of nitrogens with zero attached hydrogens (tertiary/aromatic N) is 1. The van der Waals surface area contributed by atoms with Crippen LogP contribution in [0.1, 0.15) is 38.2 Å². The van der Waals surface area contributed by atoms with Gasteiger partial charge in [0.1, 0.15) is 5.75 Å². The number of ether oxygens (including phenoxy) is 1. The molecule has 1 N–H and O–H groups in total. The Morgan fingerprint density at radius 1 is 1.33 bits per heavy atom. The Kier molecular flexibility index (Phi) is 5.62. The van der Waals surface area contributed by atoms with Gasteiger partial charge in [-0.2, -0.15) is 0 Å². The zero-order valence-corrected chi connectivity index (χ0v) is 13.3. The zero-order chi connectivity index (χ0) is 15.2. The van der Waals surface area contributed by atoms with Gasteiger partial charge in [-0.15, -0.1) is 0 Å². The standard InChI is InChI=1S/C17H26N2O2/c1-13(17(20)18-15-6-4-5-7-15)19(2)12-14-8-10-16(21-3)11-9-14/h8-11,13,15H,4-7,12H2,1-3H3,(H,18,20)/t13-/m1/s1. The first-order valence-corrected chi connectivity index (χ1v) is 7.73. The summed E-state index contributed by atoms with van der Waals surface area (Å²) in [5, 5.41) is 3.16. The smallest absolute Gasteiger partial charge is 0.237 e. The highest BCUT2D eigenvalue weighted by atomic mass is 16.5. The van der Waals surface area contributed by atoms with Crippen LogP contribution in [0.25, 0.3) is 0 Å². The summed E-state index contributed by atoms with van der Waals surface area (Å²) in [5.74, 6) is 0.992. The van der Waals surface area contributed by atoms with Crippen molar-refractivity contribution in [1.82, 2.24) is 10.2 Å². The number of amides is 1. The molecule has 21 heavy (non-hydrogen) atoms. The molecule has 1 aliphatic rings. The minimum absolute atomic E-state index is 0.118. The Hall–Kier alpha value is -1.55. The molecule has 1 atom stereocenters. The van der Waals surface area contributed by atoms with E-state index in [2.05, 4.69) is 10.2 Å². The molecule has 1 aliphatic carbocycles. The van der Waals surface area contributed by atoms with Gasteiger partial charge in [0.2, 0.25) is 5.91 Å². The lowest BCUT2D eigenvalue weighted by Crippen LogP contribution is -2.46. The molecule has 4 heteroatoms. The Morgan fingerprint density at radius 2 is 1.95 bits per heavy atom. The average Bonchev–Trinajstić information content (AvgIpc) is 3.00. The van der Waals surface area contributed by atoms with Crippen LogP contribution in [-0.4, -0.2) is 37.0 Å². The molecule has 0 unspecified atom stereocenters. The highest BCUT2D eigenvalue weighted by molar-refractivity contribution is 5.81. The molecule has 0 saturated heterocycles. The first-order chi connectivity index (χ1) is 10.1. The van der Waals surface area contributed by atoms with Crippen molar-refractivity contribution < 1.29 is 9.53 Å². The molecule has 1 aromatic rings. The van der Waals surface area contributed by atoms with Gasteiger partial charge >= 0.3 is 0 Å². The van der Waals surface area contributed by atoms with E-state index in [1.54, 1.807) is 7.11 Å². The molecule has 0 heterocycles. The van der Waals surface area contributed by atoms with Crippen LogP contribution in [0.15, 0.2) is 24.3 Å². The van der Waals surface area contributed by atoms with E-state index in [0.717, 1.165) is 25.1 Å². The number of benzene rings is 1. The molecule has 1 saturated carbocycles. The van der Waals surface area contributed by atoms with Crippen molar-refractivity contribution in [3.63, 3.8) is 0 Å². The van der Waals surface area contributed by atoms with Crippen LogP contribution in [0.2, 0.25) is 0 Å². The van der Waals surface area contributed by atoms with Gasteiger partial charge in [-0.25, -0.2) is 0 Å². The summed E-state index contributed by atoms with van der Waals surface area (Å²) in [6.07, 6.45) is 4.73. The third-order valence-corrected chi connectivity index (χ3v) is 4.33. The molecule has 0 aromatic heterocycles. The van der Waals surface area contributed by atoms with Crippen LogP contribution in [0, 0.1) is 0 Å². The molecule has 0 spiro atoms. The fourth-order valence-corrected chi connectivity index (χ4v) is 2.75. The van der Waals surface area contributed by atoms with Gasteiger partial charge in [0, 0.05) is 12.6 Å². The fraction of sp³-hybridized carbons (Fsp3) is 0.588. The third-order valence-electron chi connectivity index (χ3n) is 4.33. The predicted octanol–water partition coefficient (Wildman–Crippen LogP) is 2.57. The highest BCUT2D eigenvalue weighted by Gasteiger charge is 2.23. The van der Waals surface area contributed by atoms with Crippen LogP contribution in [0.3, 0.4) is 0 Å². The van der Waals surface area contributed by atoms with Crippen molar-refractivity contribution in [2.45, 2.75) is 51.2 Å². The maximum Gasteiger partial charge on any atom is 0.237 e. The summed E-state index contributed by atoms with van der Waals surface area (Å²) in [6.45, 7) is 2.72. The zero-order valence-electron chi connectivity index (χ0n) is 13.3. The predicted molar refractivity (Wildman–Crippen MR) is 84.3 cm³/mol. The van der Waals surface area contributed by atoms with E-state index in [1.807, 2.05) is 38.2 Å². The van der Waals surface area contributed by atoms with E-state index in [0.29, 0.717) is 6.04 Å². The maximum absolute atomic E-state index is 12.3. The van der Waals surface area contributed by atoms with Gasteiger partial charge in [-0.1, -0.05) is 25.0 Å². The molecule has 1 fully saturated rings. The van der Waals surface area contributed by atoms with Gasteiger partial charge in [0.25, 0.3) is 0 Å². The van der Waals surface area contributed by atoms with Crippen molar-refractivity contribution in [3.8, 4) is 5.75 Å². The lowest BCUT2D eigenvalue weighted by molar-refractivity contribution is -0.126. The summed E-state index contributed by atoms with van der Waals surface area (Å²) in [5.41, 5.74) is 1.18. The minimum atomic E-state index is -0.118. The largest absolute Gasteiger partial charge is 0.497 e. The highest BCUT2D eigenvalue weighted by Crippen LogP contribution is 2.18. The molecule has 116 valence electrons. The molecule has 0 bridgehead atoms. The summed E-state index contributed by atoms with van der Waals surface area (Å²) in [6, 6.07) is 8.24. The third kappa shape index (κ3) is 4.46. The number of hydrogen-bond acceptors (Lipinski definition) is 3. The molecule has 1 amide bonds. The fourth-order valence-electron chi connectivity index (χ4n) is 2.75. The second-order valence-electron chi connectivity index (χ2n) is 5.93. The first-order valence-electron chi connectivity index (χ1n) is 7.73. The van der Waals surface area contributed by atoms with Crippen LogP contribution < -0.4 is 10.1 Å². The van der Waals surface area contributed by atoms with Crippen molar-refractivity contribution in [2.24, 2.45) is 0 Å². The molecule has 4 nitrogen and oxygen atoms in total. The first kappa shape index (κ1) is 15.8. The molecular weight excluding hydrogens is 264 g/mol. The van der Waals surface area contributed by atoms with Crippen molar-refractivity contribution in [1.29, 1.82) is 0 Å². The van der Waals surface area contributed by atoms with Crippen molar-refractivity contribution in [3.05, 3.63) is 29.8 Å². The van der Waals surface area contributed by atoms with E-state index in [-0.39, 0.29) is 11.9 Å². The number of likely N-dealkylation sites (N-methyl/N-ethyl adjacent to an activating group) is 1. The van der Waals surface area contributed by atoms with E-state index in [9.17, 15) is 4.79 Å². The summed E-state index contributed by atoms with van der Waals surface area (Å²) < 4.78 is 5.16. The summed E-state index contributed by atoms with van der Waals surface area (Å²) >= 11 is 0. The monoisotopic (exact) mass is 290 g/mol. The second-order valence-corrected chi connectivity index (χ2v) is 5.93. The van der Waals surface area contributed by atoms with Crippen molar-refractivity contribution in [2.75, 3.05) is 14.2 Å².